The summed E-state index contributed by atoms with van der Waals surface area (Å²) in [7, 11) is 0. The zero-order chi connectivity index (χ0) is 54.2. The van der Waals surface area contributed by atoms with Gasteiger partial charge in [-0.2, -0.15) is 0 Å². The van der Waals surface area contributed by atoms with Crippen LogP contribution in [0.5, 0.6) is 0 Å². The molecule has 0 unspecified atom stereocenters. The second-order valence-corrected chi connectivity index (χ2v) is 27.9. The smallest absolute Gasteiger partial charge is 2.00 e. The maximum Gasteiger partial charge on any atom is 2.00 e. The van der Waals surface area contributed by atoms with Gasteiger partial charge in [-0.15, -0.1) is 21.7 Å². The molecule has 0 amide bonds. The van der Waals surface area contributed by atoms with Crippen molar-refractivity contribution in [3.63, 3.8) is 0 Å². The number of hydrogen-bond donors (Lipinski definition) is 0. The largest absolute Gasteiger partial charge is 2.00 e. The van der Waals surface area contributed by atoms with Gasteiger partial charge in [0.1, 0.15) is 0 Å². The Labute approximate surface area is 490 Å². The fourth-order valence-electron chi connectivity index (χ4n) is 4.34. The Morgan fingerprint density at radius 2 is 0.647 bits per heavy atom. The van der Waals surface area contributed by atoms with Crippen molar-refractivity contribution in [2.24, 2.45) is 32.5 Å². The molecule has 0 bridgehead atoms. The standard InChI is InChI=1S/2C14H22.2C12H20.2C5H9.4V.2W/c1-13(2,3)11-8-7-9-12(10-11)14(4,5)6;1-13(2,3)11-9-7-8-10-12(11)14(4,5)6;1-10(12(5,6)7)8-9-11(2,3)4;1-11(2,3)9-7-8-10-12(4,5)6;2*1-5(2,3)4;;;;;;/h2*7-10H,1-6H3;1,8H,2-7H3;7-8H,1-6H3;2*1-3H3;;;;;;/q;;2*-2;2*-1;;;;;2*+2. The molecular weight excluding hydrogens is 1320 g/mol. The van der Waals surface area contributed by atoms with Crippen LogP contribution in [0.3, 0.4) is 0 Å². The van der Waals surface area contributed by atoms with Gasteiger partial charge < -0.3 is 48.6 Å². The third kappa shape index (κ3) is 54.6. The molecule has 0 nitrogen and oxygen atoms in total. The summed E-state index contributed by atoms with van der Waals surface area (Å²) >= 11 is 9.19. The van der Waals surface area contributed by atoms with E-state index in [-0.39, 0.29) is 96.3 Å². The predicted octanol–water partition coefficient (Wildman–Crippen LogP) is 18.7. The Kier molecular flexibility index (Phi) is 43.8. The summed E-state index contributed by atoms with van der Waals surface area (Å²) in [4.78, 5) is 0. The predicted molar refractivity (Wildman–Crippen MR) is 286 cm³/mol. The molecular formula is C62H102V4W2-2. The topological polar surface area (TPSA) is 0 Å². The molecule has 6 heteroatoms. The summed E-state index contributed by atoms with van der Waals surface area (Å²) in [6, 6.07) is 17.7. The summed E-state index contributed by atoms with van der Waals surface area (Å²) in [5.74, 6) is 0. The van der Waals surface area contributed by atoms with E-state index < -0.39 is 0 Å². The molecule has 68 heavy (non-hydrogen) atoms. The van der Waals surface area contributed by atoms with E-state index in [1.807, 2.05) is 18.2 Å². The molecule has 0 aromatic heterocycles. The molecule has 0 saturated heterocycles. The van der Waals surface area contributed by atoms with Crippen LogP contribution in [0.2, 0.25) is 0 Å². The van der Waals surface area contributed by atoms with Crippen molar-refractivity contribution in [1.82, 2.24) is 0 Å². The van der Waals surface area contributed by atoms with Gasteiger partial charge in [0, 0.05) is 0 Å². The molecule has 2 aromatic carbocycles. The Bertz CT molecular complexity index is 1640. The fourth-order valence-corrected chi connectivity index (χ4v) is 4.34. The van der Waals surface area contributed by atoms with Crippen LogP contribution >= 0.6 is 0 Å². The van der Waals surface area contributed by atoms with E-state index in [2.05, 4.69) is 347 Å². The number of allylic oxidation sites excluding steroid dienone is 7. The van der Waals surface area contributed by atoms with Crippen LogP contribution in [-0.2, 0) is 127 Å². The second kappa shape index (κ2) is 35.9. The van der Waals surface area contributed by atoms with Gasteiger partial charge in [0.15, 0.2) is 0 Å². The molecule has 384 valence electrons. The van der Waals surface area contributed by atoms with Crippen molar-refractivity contribution in [1.29, 1.82) is 0 Å². The fraction of sp³-hybridized carbons (Fsp3) is 0.645. The molecule has 0 aliphatic rings. The van der Waals surface area contributed by atoms with Crippen LogP contribution in [0.4, 0.5) is 0 Å². The second-order valence-electron chi connectivity index (χ2n) is 27.2. The monoisotopic (exact) mass is 1420 g/mol. The van der Waals surface area contributed by atoms with Gasteiger partial charge in [-0.25, -0.2) is 0 Å². The van der Waals surface area contributed by atoms with E-state index in [1.54, 1.807) is 0 Å². The van der Waals surface area contributed by atoms with Crippen molar-refractivity contribution in [3.8, 4) is 0 Å². The van der Waals surface area contributed by atoms with E-state index in [0.717, 1.165) is 5.57 Å². The average Bonchev–Trinajstić information content (AvgIpc) is 3.11. The quantitative estimate of drug-likeness (QED) is 0.208. The van der Waals surface area contributed by atoms with Crippen molar-refractivity contribution < 1.29 is 105 Å². The summed E-state index contributed by atoms with van der Waals surface area (Å²) in [6.45, 7) is 71.2. The molecule has 2 rings (SSSR count). The molecule has 0 radical (unpaired) electrons. The van der Waals surface area contributed by atoms with E-state index in [4.69, 9.17) is 6.58 Å². The molecule has 0 N–H and O–H groups in total. The van der Waals surface area contributed by atoms with E-state index >= 15 is 0 Å². The van der Waals surface area contributed by atoms with Gasteiger partial charge in [-0.1, -0.05) is 215 Å². The molecule has 2 aromatic rings. The van der Waals surface area contributed by atoms with Crippen molar-refractivity contribution in [2.45, 2.75) is 229 Å². The first kappa shape index (κ1) is 82.9. The maximum atomic E-state index is 5.86. The molecule has 0 spiro atoms. The Hall–Kier alpha value is 0.854. The molecule has 0 atom stereocenters. The molecule has 0 fully saturated rings. The van der Waals surface area contributed by atoms with Crippen molar-refractivity contribution >= 4 is 9.46 Å². The summed E-state index contributed by atoms with van der Waals surface area (Å²) in [5.41, 5.74) is 8.61. The SMILES string of the molecule is CC(C)(C)[C-]=CC=[C-]C(C)(C)C.CC(C)(C)[C-]=[V].CC(C)(C)[C-]=[V].CC(C)(C)c1cccc(C(C)(C)C)c1.CC(C)(C)c1ccccc1C(C)(C)C.[CH-]=C(C=[C-]C(C)(C)C)C(C)(C)C.[V]=[V].[W+2].[W+2]. The first-order valence-electron chi connectivity index (χ1n) is 23.6. The first-order valence-corrected chi connectivity index (χ1v) is 28.2. The molecule has 0 aliphatic carbocycles. The van der Waals surface area contributed by atoms with Gasteiger partial charge in [-0.05, 0) is 43.9 Å². The van der Waals surface area contributed by atoms with Crippen LogP contribution in [0.25, 0.3) is 0 Å². The zero-order valence-electron chi connectivity index (χ0n) is 49.5. The van der Waals surface area contributed by atoms with Gasteiger partial charge in [0.05, 0.1) is 0 Å². The minimum absolute atomic E-state index is 0. The van der Waals surface area contributed by atoms with Crippen LogP contribution in [-0.4, -0.2) is 9.46 Å². The van der Waals surface area contributed by atoms with Crippen LogP contribution in [0, 0.1) is 57.3 Å². The van der Waals surface area contributed by atoms with Gasteiger partial charge in [-0.3, -0.25) is 0 Å². The van der Waals surface area contributed by atoms with Crippen LogP contribution < -0.4 is 0 Å². The third-order valence-electron chi connectivity index (χ3n) is 8.45. The third-order valence-corrected chi connectivity index (χ3v) is 10.5. The Morgan fingerprint density at radius 1 is 0.397 bits per heavy atom. The summed E-state index contributed by atoms with van der Waals surface area (Å²) < 4.78 is 6.08. The van der Waals surface area contributed by atoms with E-state index in [9.17, 15) is 0 Å². The number of benzene rings is 2. The summed E-state index contributed by atoms with van der Waals surface area (Å²) in [6.07, 6.45) is 15.5. The number of rotatable bonds is 2. The molecule has 0 aliphatic heterocycles. The molecule has 0 saturated carbocycles. The van der Waals surface area contributed by atoms with Crippen LogP contribution in [0.1, 0.15) is 230 Å². The van der Waals surface area contributed by atoms with Gasteiger partial charge in [0.2, 0.25) is 0 Å². The minimum Gasteiger partial charge on any atom is 2.00 e. The maximum absolute atomic E-state index is 5.86. The average molecular weight is 1420 g/mol. The van der Waals surface area contributed by atoms with Crippen LogP contribution in [0.15, 0.2) is 72.3 Å². The summed E-state index contributed by atoms with van der Waals surface area (Å²) in [5, 5.41) is 0. The van der Waals surface area contributed by atoms with E-state index in [1.165, 1.54) is 22.3 Å². The number of hydrogen-bond acceptors (Lipinski definition) is 0. The Balaban J connectivity index is -0.000000133. The Morgan fingerprint density at radius 3 is 0.824 bits per heavy atom. The minimum atomic E-state index is 0. The zero-order valence-corrected chi connectivity index (χ0v) is 61.0. The van der Waals surface area contributed by atoms with E-state index in [0.29, 0.717) is 0 Å². The molecule has 0 heterocycles. The van der Waals surface area contributed by atoms with Gasteiger partial charge >= 0.3 is 167 Å². The normalized spacial score (nSPS) is 12.4. The van der Waals surface area contributed by atoms with Crippen molar-refractivity contribution in [3.05, 3.63) is 119 Å². The van der Waals surface area contributed by atoms with Gasteiger partial charge in [0.25, 0.3) is 0 Å². The first-order chi connectivity index (χ1) is 28.9. The van der Waals surface area contributed by atoms with Crippen molar-refractivity contribution in [2.75, 3.05) is 0 Å².